The van der Waals surface area contributed by atoms with E-state index in [9.17, 15) is 4.79 Å². The summed E-state index contributed by atoms with van der Waals surface area (Å²) in [4.78, 5) is 11.3. The number of methoxy groups -OCH3 is 1. The molecule has 1 saturated heterocycles. The lowest BCUT2D eigenvalue weighted by Gasteiger charge is -2.26. The van der Waals surface area contributed by atoms with Gasteiger partial charge in [-0.2, -0.15) is 0 Å². The molecule has 0 radical (unpaired) electrons. The first kappa shape index (κ1) is 37.8. The number of carbonyl (C=O) groups is 1. The standard InChI is InChI=1S/C37H60O6Si/c1-28(15-13-17-30(3)20-22-35(38)39-6)14-12-16-29(2)19-21-33-26-34(43-36-18-10-11-23-41-36)31(4)32(5)37(33)42-27-40-24-25-44(7,8)9/h14,17,19,26,36H,10-13,15-16,18,20-25,27H2,1-9H3/b28-14+,29-19+,30-17+. The Labute approximate surface area is 269 Å². The van der Waals surface area contributed by atoms with Gasteiger partial charge in [-0.3, -0.25) is 4.79 Å². The van der Waals surface area contributed by atoms with Gasteiger partial charge in [-0.25, -0.2) is 0 Å². The van der Waals surface area contributed by atoms with Crippen LogP contribution in [0.2, 0.25) is 25.7 Å². The molecule has 0 saturated carbocycles. The predicted octanol–water partition coefficient (Wildman–Crippen LogP) is 9.79. The third-order valence-corrected chi connectivity index (χ3v) is 9.94. The molecule has 1 fully saturated rings. The molecule has 1 heterocycles. The highest BCUT2D eigenvalue weighted by Crippen LogP contribution is 2.36. The first-order chi connectivity index (χ1) is 20.9. The normalized spacial score (nSPS) is 16.7. The van der Waals surface area contributed by atoms with Crippen molar-refractivity contribution in [1.82, 2.24) is 0 Å². The van der Waals surface area contributed by atoms with E-state index in [0.717, 1.165) is 105 Å². The predicted molar refractivity (Wildman–Crippen MR) is 184 cm³/mol. The van der Waals surface area contributed by atoms with Gasteiger partial charge in [0.1, 0.15) is 11.5 Å². The fourth-order valence-electron chi connectivity index (χ4n) is 4.97. The lowest BCUT2D eigenvalue weighted by molar-refractivity contribution is -0.140. The molecule has 1 aromatic rings. The van der Waals surface area contributed by atoms with Crippen molar-refractivity contribution < 1.29 is 28.5 Å². The molecule has 0 spiro atoms. The third-order valence-electron chi connectivity index (χ3n) is 8.23. The van der Waals surface area contributed by atoms with Gasteiger partial charge in [-0.05, 0) is 109 Å². The Hall–Kier alpha value is -2.35. The van der Waals surface area contributed by atoms with Crippen LogP contribution in [0.1, 0.15) is 95.2 Å². The molecule has 1 atom stereocenters. The van der Waals surface area contributed by atoms with Crippen molar-refractivity contribution in [2.75, 3.05) is 27.1 Å². The van der Waals surface area contributed by atoms with E-state index in [2.05, 4.69) is 78.6 Å². The molecule has 6 nitrogen and oxygen atoms in total. The minimum atomic E-state index is -1.15. The SMILES string of the molecule is COC(=O)CC/C(C)=C/CC/C(C)=C/CC/C(C)=C/Cc1cc(OC2CCCCO2)c(C)c(C)c1OCOCC[Si](C)(C)C. The van der Waals surface area contributed by atoms with Crippen molar-refractivity contribution in [2.45, 2.75) is 131 Å². The van der Waals surface area contributed by atoms with Crippen LogP contribution in [0.15, 0.2) is 41.0 Å². The molecule has 7 heteroatoms. The van der Waals surface area contributed by atoms with Gasteiger partial charge in [0.2, 0.25) is 0 Å². The Morgan fingerprint density at radius 3 is 2.20 bits per heavy atom. The average Bonchev–Trinajstić information content (AvgIpc) is 2.98. The summed E-state index contributed by atoms with van der Waals surface area (Å²) in [7, 11) is 0.292. The van der Waals surface area contributed by atoms with Gasteiger partial charge in [-0.15, -0.1) is 0 Å². The summed E-state index contributed by atoms with van der Waals surface area (Å²) in [6.45, 7) is 19.6. The summed E-state index contributed by atoms with van der Waals surface area (Å²) >= 11 is 0. The van der Waals surface area contributed by atoms with Crippen molar-refractivity contribution in [3.8, 4) is 11.5 Å². The zero-order valence-corrected chi connectivity index (χ0v) is 30.2. The molecule has 44 heavy (non-hydrogen) atoms. The molecule has 1 aliphatic heterocycles. The number of ether oxygens (including phenoxy) is 5. The maximum absolute atomic E-state index is 11.3. The lowest BCUT2D eigenvalue weighted by Crippen LogP contribution is -2.25. The Kier molecular flexibility index (Phi) is 17.1. The van der Waals surface area contributed by atoms with E-state index in [0.29, 0.717) is 6.42 Å². The monoisotopic (exact) mass is 628 g/mol. The topological polar surface area (TPSA) is 63.2 Å². The molecule has 2 rings (SSSR count). The molecular formula is C37H60O6Si. The number of allylic oxidation sites excluding steroid dienone is 6. The van der Waals surface area contributed by atoms with Crippen LogP contribution in [0.3, 0.4) is 0 Å². The minimum Gasteiger partial charge on any atom is -0.469 e. The van der Waals surface area contributed by atoms with Gasteiger partial charge in [0.25, 0.3) is 0 Å². The summed E-state index contributed by atoms with van der Waals surface area (Å²) in [6, 6.07) is 3.27. The van der Waals surface area contributed by atoms with E-state index in [1.54, 1.807) is 0 Å². The zero-order valence-electron chi connectivity index (χ0n) is 29.2. The summed E-state index contributed by atoms with van der Waals surface area (Å²) in [5.41, 5.74) is 7.32. The van der Waals surface area contributed by atoms with Gasteiger partial charge in [0, 0.05) is 33.1 Å². The minimum absolute atomic E-state index is 0.150. The van der Waals surface area contributed by atoms with Crippen molar-refractivity contribution in [1.29, 1.82) is 0 Å². The van der Waals surface area contributed by atoms with Gasteiger partial charge < -0.3 is 23.7 Å². The Morgan fingerprint density at radius 1 is 0.932 bits per heavy atom. The van der Waals surface area contributed by atoms with Crippen molar-refractivity contribution >= 4 is 14.0 Å². The van der Waals surface area contributed by atoms with E-state index in [1.807, 2.05) is 0 Å². The quantitative estimate of drug-likeness (QED) is 0.0500. The van der Waals surface area contributed by atoms with Crippen LogP contribution in [0.5, 0.6) is 11.5 Å². The highest BCUT2D eigenvalue weighted by molar-refractivity contribution is 6.76. The number of esters is 1. The molecule has 0 aromatic heterocycles. The van der Waals surface area contributed by atoms with E-state index < -0.39 is 8.07 Å². The maximum atomic E-state index is 11.3. The zero-order chi connectivity index (χ0) is 32.5. The van der Waals surface area contributed by atoms with Gasteiger partial charge in [-0.1, -0.05) is 54.6 Å². The molecule has 0 amide bonds. The molecule has 248 valence electrons. The second-order valence-electron chi connectivity index (χ2n) is 13.5. The molecule has 1 unspecified atom stereocenters. The van der Waals surface area contributed by atoms with Crippen molar-refractivity contribution in [3.63, 3.8) is 0 Å². The second kappa shape index (κ2) is 19.9. The second-order valence-corrected chi connectivity index (χ2v) is 19.1. The fourth-order valence-corrected chi connectivity index (χ4v) is 5.73. The van der Waals surface area contributed by atoms with Gasteiger partial charge >= 0.3 is 5.97 Å². The van der Waals surface area contributed by atoms with Crippen molar-refractivity contribution in [2.24, 2.45) is 0 Å². The summed E-state index contributed by atoms with van der Waals surface area (Å²) in [5.74, 6) is 1.64. The Balaban J connectivity index is 2.02. The van der Waals surface area contributed by atoms with Crippen molar-refractivity contribution in [3.05, 3.63) is 57.7 Å². The first-order valence-corrected chi connectivity index (χ1v) is 20.3. The smallest absolute Gasteiger partial charge is 0.305 e. The van der Waals surface area contributed by atoms with Crippen LogP contribution in [-0.4, -0.2) is 47.4 Å². The largest absolute Gasteiger partial charge is 0.469 e. The van der Waals surface area contributed by atoms with Crippen LogP contribution in [0, 0.1) is 13.8 Å². The Bertz CT molecular complexity index is 1120. The molecule has 0 bridgehead atoms. The summed E-state index contributed by atoms with van der Waals surface area (Å²) in [6.07, 6.45) is 16.0. The number of rotatable bonds is 19. The molecule has 1 aromatic carbocycles. The number of carbonyl (C=O) groups excluding carboxylic acids is 1. The molecular weight excluding hydrogens is 568 g/mol. The van der Waals surface area contributed by atoms with Gasteiger partial charge in [0.15, 0.2) is 13.1 Å². The maximum Gasteiger partial charge on any atom is 0.305 e. The summed E-state index contributed by atoms with van der Waals surface area (Å²) < 4.78 is 29.2. The third kappa shape index (κ3) is 15.1. The van der Waals surface area contributed by atoms with Crippen LogP contribution in [-0.2, 0) is 25.4 Å². The highest BCUT2D eigenvalue weighted by atomic mass is 28.3. The van der Waals surface area contributed by atoms with Gasteiger partial charge in [0.05, 0.1) is 13.7 Å². The van der Waals surface area contributed by atoms with Crippen LogP contribution in [0.25, 0.3) is 0 Å². The summed E-state index contributed by atoms with van der Waals surface area (Å²) in [5, 5.41) is 0. The molecule has 1 aliphatic rings. The van der Waals surface area contributed by atoms with E-state index in [-0.39, 0.29) is 19.1 Å². The fraction of sp³-hybridized carbons (Fsp3) is 0.649. The van der Waals surface area contributed by atoms with Crippen LogP contribution in [0.4, 0.5) is 0 Å². The van der Waals surface area contributed by atoms with E-state index in [4.69, 9.17) is 23.7 Å². The average molecular weight is 629 g/mol. The van der Waals surface area contributed by atoms with Crippen LogP contribution < -0.4 is 9.47 Å². The van der Waals surface area contributed by atoms with E-state index >= 15 is 0 Å². The number of hydrogen-bond acceptors (Lipinski definition) is 6. The van der Waals surface area contributed by atoms with Crippen LogP contribution >= 0.6 is 0 Å². The molecule has 0 N–H and O–H groups in total. The first-order valence-electron chi connectivity index (χ1n) is 16.5. The highest BCUT2D eigenvalue weighted by Gasteiger charge is 2.20. The van der Waals surface area contributed by atoms with E-state index in [1.165, 1.54) is 23.8 Å². The number of hydrogen-bond donors (Lipinski definition) is 0. The molecule has 0 aliphatic carbocycles. The Morgan fingerprint density at radius 2 is 1.59 bits per heavy atom. The number of benzene rings is 1. The lowest BCUT2D eigenvalue weighted by atomic mass is 9.99.